The van der Waals surface area contributed by atoms with E-state index >= 15 is 8.78 Å². The van der Waals surface area contributed by atoms with Crippen LogP contribution in [0.2, 0.25) is 0 Å². The number of phosphoric ester groups is 1. The highest BCUT2D eigenvalue weighted by Crippen LogP contribution is 2.56. The van der Waals surface area contributed by atoms with Crippen LogP contribution in [-0.2, 0) is 64.9 Å². The average Bonchev–Trinajstić information content (AvgIpc) is 3.96. The summed E-state index contributed by atoms with van der Waals surface area (Å²) >= 11 is 0. The minimum Gasteiger partial charge on any atom is -0.432 e. The number of anilines is 2. The molecule has 10 atom stereocenters. The van der Waals surface area contributed by atoms with Crippen molar-refractivity contribution in [3.8, 4) is 0 Å². The number of hydrogen-bond donors (Lipinski definition) is 2. The Morgan fingerprint density at radius 2 is 1.25 bits per heavy atom. The molecule has 4 aromatic rings. The van der Waals surface area contributed by atoms with Crippen LogP contribution < -0.4 is 11.5 Å². The molecular formula is C31H40F2N10O16P2. The van der Waals surface area contributed by atoms with Gasteiger partial charge in [-0.25, -0.2) is 57.4 Å². The van der Waals surface area contributed by atoms with Crippen molar-refractivity contribution in [3.63, 3.8) is 0 Å². The van der Waals surface area contributed by atoms with Gasteiger partial charge in [0.25, 0.3) is 0 Å². The second-order valence-electron chi connectivity index (χ2n) is 13.8. The number of hydrogen-bond acceptors (Lipinski definition) is 24. The summed E-state index contributed by atoms with van der Waals surface area (Å²) in [5, 5.41) is 0. The van der Waals surface area contributed by atoms with Gasteiger partial charge in [-0.05, 0) is 27.7 Å². The van der Waals surface area contributed by atoms with Gasteiger partial charge in [0.05, 0.1) is 38.1 Å². The monoisotopic (exact) mass is 908 g/mol. The first kappa shape index (κ1) is 44.3. The van der Waals surface area contributed by atoms with Crippen LogP contribution in [0.25, 0.3) is 22.3 Å². The molecule has 334 valence electrons. The molecule has 7 heterocycles. The normalized spacial score (nSPS) is 31.0. The molecule has 0 spiro atoms. The first-order valence-electron chi connectivity index (χ1n) is 18.2. The van der Waals surface area contributed by atoms with Gasteiger partial charge in [0.15, 0.2) is 47.7 Å². The number of ether oxygens (including phenoxy) is 7. The number of carbonyl (C=O) groups excluding carboxylic acids is 2. The van der Waals surface area contributed by atoms with Crippen LogP contribution in [0.3, 0.4) is 0 Å². The zero-order chi connectivity index (χ0) is 43.6. The van der Waals surface area contributed by atoms with Crippen molar-refractivity contribution in [2.75, 3.05) is 44.6 Å². The lowest BCUT2D eigenvalue weighted by Gasteiger charge is -2.26. The number of halogens is 2. The lowest BCUT2D eigenvalue weighted by molar-refractivity contribution is -0.0696. The summed E-state index contributed by atoms with van der Waals surface area (Å²) < 4.78 is 130. The molecule has 3 saturated heterocycles. The van der Waals surface area contributed by atoms with Crippen LogP contribution in [0.5, 0.6) is 0 Å². The van der Waals surface area contributed by atoms with Crippen molar-refractivity contribution in [1.29, 1.82) is 0 Å². The van der Waals surface area contributed by atoms with Gasteiger partial charge in [-0.3, -0.25) is 27.3 Å². The quantitative estimate of drug-likeness (QED) is 0.131. The predicted octanol–water partition coefficient (Wildman–Crippen LogP) is 3.45. The van der Waals surface area contributed by atoms with Crippen molar-refractivity contribution in [2.24, 2.45) is 0 Å². The van der Waals surface area contributed by atoms with Crippen LogP contribution in [0.1, 0.15) is 40.2 Å². The zero-order valence-corrected chi connectivity index (χ0v) is 34.3. The Morgan fingerprint density at radius 1 is 0.754 bits per heavy atom. The lowest BCUT2D eigenvalue weighted by Crippen LogP contribution is -2.35. The maximum Gasteiger partial charge on any atom is 0.510 e. The molecule has 7 rings (SSSR count). The Hall–Kier alpha value is -4.76. The maximum atomic E-state index is 16.8. The molecule has 0 amide bonds. The highest BCUT2D eigenvalue weighted by atomic mass is 31.2. The number of phosphoric acid groups is 1. The highest BCUT2D eigenvalue weighted by Gasteiger charge is 2.54. The Balaban J connectivity index is 1.22. The van der Waals surface area contributed by atoms with Crippen molar-refractivity contribution in [3.05, 3.63) is 25.3 Å². The third-order valence-corrected chi connectivity index (χ3v) is 11.7. The smallest absolute Gasteiger partial charge is 0.432 e. The first-order valence-corrected chi connectivity index (χ1v) is 21.4. The van der Waals surface area contributed by atoms with Crippen LogP contribution >= 0.6 is 15.4 Å². The van der Waals surface area contributed by atoms with E-state index in [-0.39, 0.29) is 34.0 Å². The number of aromatic nitrogens is 8. The van der Waals surface area contributed by atoms with E-state index in [0.29, 0.717) is 0 Å². The molecule has 0 radical (unpaired) electrons. The number of rotatable bonds is 10. The van der Waals surface area contributed by atoms with E-state index in [0.717, 1.165) is 23.5 Å². The molecule has 61 heavy (non-hydrogen) atoms. The summed E-state index contributed by atoms with van der Waals surface area (Å²) in [6.45, 7) is 2.25. The maximum absolute atomic E-state index is 16.8. The second-order valence-corrected chi connectivity index (χ2v) is 17.4. The lowest BCUT2D eigenvalue weighted by atomic mass is 10.1. The molecule has 30 heteroatoms. The SMILES string of the molecule is CC(C)OC(=O)OCOP1(=O)CO[C@H]2[C@@H](F)[C@H](n3cnc4c(N)ncnc43)O[C@@H]2COP(=O)(OCOC(=O)OC(C)C)O[C@H]2[C@@H](F)[C@H](n3cnc4c(N)ncnc43)O[C@@H]2CO1. The molecule has 3 aliphatic rings. The molecule has 3 aliphatic heterocycles. The number of nitrogen functional groups attached to an aromatic ring is 2. The van der Waals surface area contributed by atoms with Gasteiger partial charge in [0.2, 0.25) is 13.6 Å². The Bertz CT molecular complexity index is 2310. The summed E-state index contributed by atoms with van der Waals surface area (Å²) in [5.41, 5.74) is 12.1. The van der Waals surface area contributed by atoms with Crippen LogP contribution in [0.15, 0.2) is 25.3 Å². The fourth-order valence-electron chi connectivity index (χ4n) is 6.18. The summed E-state index contributed by atoms with van der Waals surface area (Å²) in [6.07, 6.45) is -14.8. The molecule has 26 nitrogen and oxygen atoms in total. The van der Waals surface area contributed by atoms with Crippen LogP contribution in [-0.4, -0.2) is 133 Å². The molecule has 4 aromatic heterocycles. The van der Waals surface area contributed by atoms with Gasteiger partial charge >= 0.3 is 27.7 Å². The van der Waals surface area contributed by atoms with E-state index in [9.17, 15) is 18.7 Å². The number of carbonyl (C=O) groups is 2. The third-order valence-electron chi connectivity index (χ3n) is 8.84. The number of fused-ring (bicyclic) bond motifs is 4. The Kier molecular flexibility index (Phi) is 13.3. The summed E-state index contributed by atoms with van der Waals surface area (Å²) in [5.74, 6) is -0.0621. The molecule has 0 saturated carbocycles. The third kappa shape index (κ3) is 9.83. The van der Waals surface area contributed by atoms with Crippen molar-refractivity contribution < 1.29 is 83.3 Å². The van der Waals surface area contributed by atoms with Gasteiger partial charge in [-0.1, -0.05) is 0 Å². The van der Waals surface area contributed by atoms with Gasteiger partial charge in [-0.2, -0.15) is 0 Å². The van der Waals surface area contributed by atoms with Crippen LogP contribution in [0, 0.1) is 0 Å². The molecule has 3 fully saturated rings. The van der Waals surface area contributed by atoms with Crippen molar-refractivity contribution in [2.45, 2.75) is 89.1 Å². The fraction of sp³-hybridized carbons (Fsp3) is 0.613. The fourth-order valence-corrected chi connectivity index (χ4v) is 8.60. The predicted molar refractivity (Wildman–Crippen MR) is 196 cm³/mol. The molecule has 0 aromatic carbocycles. The van der Waals surface area contributed by atoms with E-state index in [1.54, 1.807) is 13.8 Å². The molecule has 2 unspecified atom stereocenters. The molecule has 4 N–H and O–H groups in total. The first-order chi connectivity index (χ1) is 29.0. The van der Waals surface area contributed by atoms with E-state index in [1.807, 2.05) is 0 Å². The van der Waals surface area contributed by atoms with E-state index < -0.39 is 122 Å². The van der Waals surface area contributed by atoms with E-state index in [4.69, 9.17) is 67.2 Å². The largest absolute Gasteiger partial charge is 0.510 e. The minimum atomic E-state index is -5.17. The average molecular weight is 909 g/mol. The van der Waals surface area contributed by atoms with Crippen molar-refractivity contribution >= 4 is 61.7 Å². The molecule has 0 aliphatic carbocycles. The Labute approximate surface area is 342 Å². The van der Waals surface area contributed by atoms with Crippen molar-refractivity contribution in [1.82, 2.24) is 39.0 Å². The van der Waals surface area contributed by atoms with Gasteiger partial charge in [-0.15, -0.1) is 0 Å². The Morgan fingerprint density at radius 3 is 1.79 bits per heavy atom. The number of nitrogens with zero attached hydrogens (tertiary/aromatic N) is 8. The zero-order valence-electron chi connectivity index (χ0n) is 32.5. The molecule has 0 bridgehead atoms. The molecular weight excluding hydrogens is 868 g/mol. The summed E-state index contributed by atoms with van der Waals surface area (Å²) in [7, 11) is -9.87. The number of alkyl halides is 2. The van der Waals surface area contributed by atoms with Crippen LogP contribution in [0.4, 0.5) is 30.0 Å². The van der Waals surface area contributed by atoms with E-state index in [1.165, 1.54) is 24.7 Å². The standard InChI is InChI=1S/C31H40F2N10O16P2/c1-14(2)55-30(44)48-11-53-60(46)13-50-22-16(57-28(18(22)32)42-9-40-20-24(34)36-7-38-26(20)42)6-52-61(47,54-12-49-31(45)56-15(3)4)59-23-17(5-51-60)58-29(19(23)33)43-10-41-21-25(35)37-8-39-27(21)43/h7-10,14-19,22-23,28-29H,5-6,11-13H2,1-4H3,(H2,34,36,38)(H2,35,37,39)/t16-,17-,18-,19-,22-,23-,28-,29-,60?,61?/m1/s1. The van der Waals surface area contributed by atoms with Gasteiger partial charge in [0.1, 0.15) is 54.5 Å². The summed E-state index contributed by atoms with van der Waals surface area (Å²) in [4.78, 5) is 48.5. The number of imidazole rings is 2. The summed E-state index contributed by atoms with van der Waals surface area (Å²) in [6, 6.07) is 0. The topological polar surface area (TPSA) is 318 Å². The minimum absolute atomic E-state index is 0.0232. The van der Waals surface area contributed by atoms with Gasteiger partial charge < -0.3 is 49.1 Å². The number of nitrogens with two attached hydrogens (primary N) is 2. The highest BCUT2D eigenvalue weighted by molar-refractivity contribution is 7.53. The van der Waals surface area contributed by atoms with E-state index in [2.05, 4.69) is 29.9 Å². The van der Waals surface area contributed by atoms with Gasteiger partial charge in [0, 0.05) is 0 Å². The second kappa shape index (κ2) is 18.3.